The second-order valence-corrected chi connectivity index (χ2v) is 5.35. The van der Waals surface area contributed by atoms with Crippen LogP contribution in [0.2, 0.25) is 0 Å². The lowest BCUT2D eigenvalue weighted by molar-refractivity contribution is -0.174. The van der Waals surface area contributed by atoms with E-state index in [1.807, 2.05) is 23.3 Å². The van der Waals surface area contributed by atoms with Crippen LogP contribution in [0.5, 0.6) is 0 Å². The third kappa shape index (κ3) is 2.33. The predicted octanol–water partition coefficient (Wildman–Crippen LogP) is 4.24. The van der Waals surface area contributed by atoms with Gasteiger partial charge in [-0.15, -0.1) is 5.06 Å². The first-order chi connectivity index (χ1) is 8.06. The van der Waals surface area contributed by atoms with Crippen molar-refractivity contribution in [2.24, 2.45) is 0 Å². The van der Waals surface area contributed by atoms with E-state index in [9.17, 15) is 0 Å². The predicted molar refractivity (Wildman–Crippen MR) is 70.4 cm³/mol. The molecule has 0 N–H and O–H groups in total. The molecular formula is C14H18ClNO. The maximum Gasteiger partial charge on any atom is 0.128 e. The topological polar surface area (TPSA) is 12.5 Å². The zero-order valence-electron chi connectivity index (χ0n) is 10.5. The Morgan fingerprint density at radius 1 is 1.29 bits per heavy atom. The van der Waals surface area contributed by atoms with E-state index in [1.165, 1.54) is 0 Å². The maximum atomic E-state index is 6.26. The smallest absolute Gasteiger partial charge is 0.128 e. The van der Waals surface area contributed by atoms with Crippen LogP contribution >= 0.6 is 11.6 Å². The average Bonchev–Trinajstić information content (AvgIpc) is 2.73. The lowest BCUT2D eigenvalue weighted by Crippen LogP contribution is -2.42. The summed E-state index contributed by atoms with van der Waals surface area (Å²) in [7, 11) is 0. The fraction of sp³-hybridized carbons (Fsp3) is 0.429. The first-order valence-electron chi connectivity index (χ1n) is 5.93. The van der Waals surface area contributed by atoms with Crippen LogP contribution in [-0.2, 0) is 4.84 Å². The largest absolute Gasteiger partial charge is 0.411 e. The van der Waals surface area contributed by atoms with Gasteiger partial charge in [0.1, 0.15) is 12.3 Å². The molecule has 1 aromatic carbocycles. The number of hydroxylamine groups is 2. The number of hydrogen-bond donors (Lipinski definition) is 0. The molecule has 1 unspecified atom stereocenters. The van der Waals surface area contributed by atoms with E-state index in [0.717, 1.165) is 17.0 Å². The molecule has 1 aromatic rings. The summed E-state index contributed by atoms with van der Waals surface area (Å²) in [6.07, 6.45) is 2.63. The van der Waals surface area contributed by atoms with Crippen LogP contribution in [0.15, 0.2) is 41.6 Å². The summed E-state index contributed by atoms with van der Waals surface area (Å²) in [6.45, 7) is 6.47. The fourth-order valence-electron chi connectivity index (χ4n) is 1.92. The van der Waals surface area contributed by atoms with Crippen molar-refractivity contribution in [1.82, 2.24) is 5.06 Å². The molecule has 0 aliphatic carbocycles. The van der Waals surface area contributed by atoms with Crippen molar-refractivity contribution in [3.05, 3.63) is 47.2 Å². The normalized spacial score (nSPS) is 21.2. The minimum atomic E-state index is -0.0480. The molecular weight excluding hydrogens is 234 g/mol. The fourth-order valence-corrected chi connectivity index (χ4v) is 2.18. The van der Waals surface area contributed by atoms with Crippen LogP contribution in [0.25, 0.3) is 0 Å². The molecule has 17 heavy (non-hydrogen) atoms. The lowest BCUT2D eigenvalue weighted by Gasteiger charge is -2.37. The molecule has 1 aliphatic rings. The van der Waals surface area contributed by atoms with Gasteiger partial charge in [-0.25, -0.2) is 0 Å². The SMILES string of the molecule is CCC(C)(C)N1OC=C(Cl)C1c1ccccc1. The number of rotatable bonds is 3. The Kier molecular flexibility index (Phi) is 3.45. The Bertz CT molecular complexity index is 413. The molecule has 1 aliphatic heterocycles. The van der Waals surface area contributed by atoms with Crippen LogP contribution in [0.3, 0.4) is 0 Å². The van der Waals surface area contributed by atoms with Gasteiger partial charge in [0.15, 0.2) is 0 Å². The summed E-state index contributed by atoms with van der Waals surface area (Å²) in [4.78, 5) is 5.63. The molecule has 2 nitrogen and oxygen atoms in total. The Morgan fingerprint density at radius 3 is 2.53 bits per heavy atom. The number of hydrogen-bond acceptors (Lipinski definition) is 2. The highest BCUT2D eigenvalue weighted by molar-refractivity contribution is 6.30. The minimum Gasteiger partial charge on any atom is -0.411 e. The summed E-state index contributed by atoms with van der Waals surface area (Å²) in [5.41, 5.74) is 1.11. The molecule has 0 radical (unpaired) electrons. The van der Waals surface area contributed by atoms with Crippen LogP contribution in [0.1, 0.15) is 38.8 Å². The van der Waals surface area contributed by atoms with E-state index in [4.69, 9.17) is 16.4 Å². The van der Waals surface area contributed by atoms with Crippen LogP contribution in [-0.4, -0.2) is 10.6 Å². The molecule has 0 saturated carbocycles. The summed E-state index contributed by atoms with van der Waals surface area (Å²) in [6, 6.07) is 10.2. The number of benzene rings is 1. The van der Waals surface area contributed by atoms with Crippen LogP contribution in [0, 0.1) is 0 Å². The van der Waals surface area contributed by atoms with Gasteiger partial charge in [0.05, 0.1) is 10.6 Å². The van der Waals surface area contributed by atoms with Crippen molar-refractivity contribution < 1.29 is 4.84 Å². The highest BCUT2D eigenvalue weighted by Gasteiger charge is 2.39. The monoisotopic (exact) mass is 251 g/mol. The van der Waals surface area contributed by atoms with Gasteiger partial charge in [-0.05, 0) is 25.8 Å². The molecule has 0 aromatic heterocycles. The van der Waals surface area contributed by atoms with Crippen molar-refractivity contribution >= 4 is 11.6 Å². The van der Waals surface area contributed by atoms with Gasteiger partial charge in [0.25, 0.3) is 0 Å². The van der Waals surface area contributed by atoms with E-state index in [-0.39, 0.29) is 11.6 Å². The summed E-state index contributed by atoms with van der Waals surface area (Å²) in [5, 5.41) is 2.71. The quantitative estimate of drug-likeness (QED) is 0.797. The molecule has 0 amide bonds. The van der Waals surface area contributed by atoms with E-state index < -0.39 is 0 Å². The van der Waals surface area contributed by atoms with Crippen molar-refractivity contribution in [3.8, 4) is 0 Å². The third-order valence-corrected chi connectivity index (χ3v) is 3.65. The van der Waals surface area contributed by atoms with Crippen LogP contribution < -0.4 is 0 Å². The Labute approximate surface area is 108 Å². The van der Waals surface area contributed by atoms with Gasteiger partial charge in [-0.3, -0.25) is 0 Å². The molecule has 2 rings (SSSR count). The standard InChI is InChI=1S/C14H18ClNO/c1-4-14(2,3)16-13(12(15)10-17-16)11-8-6-5-7-9-11/h5-10,13H,4H2,1-3H3. The zero-order chi connectivity index (χ0) is 12.5. The first kappa shape index (κ1) is 12.5. The maximum absolute atomic E-state index is 6.26. The molecule has 1 heterocycles. The summed E-state index contributed by atoms with van der Waals surface area (Å²) in [5.74, 6) is 0. The molecule has 3 heteroatoms. The molecule has 0 spiro atoms. The highest BCUT2D eigenvalue weighted by Crippen LogP contribution is 2.41. The second-order valence-electron chi connectivity index (χ2n) is 4.91. The van der Waals surface area contributed by atoms with Crippen molar-refractivity contribution in [2.75, 3.05) is 0 Å². The van der Waals surface area contributed by atoms with Crippen molar-refractivity contribution in [2.45, 2.75) is 38.8 Å². The lowest BCUT2D eigenvalue weighted by atomic mass is 9.97. The number of halogens is 1. The Morgan fingerprint density at radius 2 is 1.94 bits per heavy atom. The average molecular weight is 252 g/mol. The zero-order valence-corrected chi connectivity index (χ0v) is 11.2. The Balaban J connectivity index is 2.33. The van der Waals surface area contributed by atoms with Crippen molar-refractivity contribution in [3.63, 3.8) is 0 Å². The summed E-state index contributed by atoms with van der Waals surface area (Å²) >= 11 is 6.26. The van der Waals surface area contributed by atoms with Gasteiger partial charge in [-0.1, -0.05) is 48.9 Å². The van der Waals surface area contributed by atoms with Crippen molar-refractivity contribution in [1.29, 1.82) is 0 Å². The molecule has 0 fully saturated rings. The van der Waals surface area contributed by atoms with E-state index >= 15 is 0 Å². The van der Waals surface area contributed by atoms with Gasteiger partial charge in [-0.2, -0.15) is 0 Å². The molecule has 92 valence electrons. The van der Waals surface area contributed by atoms with Gasteiger partial charge in [0.2, 0.25) is 0 Å². The summed E-state index contributed by atoms with van der Waals surface area (Å²) < 4.78 is 0. The number of nitrogens with zero attached hydrogens (tertiary/aromatic N) is 1. The van der Waals surface area contributed by atoms with Gasteiger partial charge in [0, 0.05) is 0 Å². The molecule has 0 saturated heterocycles. The second kappa shape index (κ2) is 4.71. The third-order valence-electron chi connectivity index (χ3n) is 3.35. The first-order valence-corrected chi connectivity index (χ1v) is 6.30. The van der Waals surface area contributed by atoms with Crippen LogP contribution in [0.4, 0.5) is 0 Å². The molecule has 0 bridgehead atoms. The van der Waals surface area contributed by atoms with E-state index in [1.54, 1.807) is 6.26 Å². The highest BCUT2D eigenvalue weighted by atomic mass is 35.5. The minimum absolute atomic E-state index is 0.00724. The molecule has 1 atom stereocenters. The van der Waals surface area contributed by atoms with Gasteiger partial charge >= 0.3 is 0 Å². The Hall–Kier alpha value is -0.990. The van der Waals surface area contributed by atoms with E-state index in [0.29, 0.717) is 0 Å². The van der Waals surface area contributed by atoms with Gasteiger partial charge < -0.3 is 4.84 Å². The van der Waals surface area contributed by atoms with E-state index in [2.05, 4.69) is 32.9 Å².